The van der Waals surface area contributed by atoms with Crippen molar-refractivity contribution in [2.45, 2.75) is 26.4 Å². The number of aliphatic hydroxyl groups is 1. The van der Waals surface area contributed by atoms with Crippen LogP contribution in [-0.2, 0) is 6.42 Å². The molecule has 2 rings (SSSR count). The maximum atomic E-state index is 10.3. The molecular formula is C16H20BrNO2. The van der Waals surface area contributed by atoms with Crippen molar-refractivity contribution in [3.05, 3.63) is 52.8 Å². The summed E-state index contributed by atoms with van der Waals surface area (Å²) in [6.07, 6.45) is 2.15. The molecule has 3 nitrogen and oxygen atoms in total. The van der Waals surface area contributed by atoms with Crippen molar-refractivity contribution in [1.82, 2.24) is 4.98 Å². The van der Waals surface area contributed by atoms with Crippen molar-refractivity contribution in [2.24, 2.45) is 5.41 Å². The second-order valence-corrected chi connectivity index (χ2v) is 6.56. The summed E-state index contributed by atoms with van der Waals surface area (Å²) in [7, 11) is 0. The fourth-order valence-corrected chi connectivity index (χ4v) is 2.28. The number of halogens is 1. The summed E-state index contributed by atoms with van der Waals surface area (Å²) in [4.78, 5) is 3.17. The van der Waals surface area contributed by atoms with Gasteiger partial charge in [0.2, 0.25) is 0 Å². The van der Waals surface area contributed by atoms with Crippen LogP contribution in [0.3, 0.4) is 0 Å². The SMILES string of the molecule is CC(C)(Cc1ccc[nH]1)C(O)COc1ccc(Br)cc1. The van der Waals surface area contributed by atoms with Gasteiger partial charge in [-0.25, -0.2) is 0 Å². The summed E-state index contributed by atoms with van der Waals surface area (Å²) in [5, 5.41) is 10.3. The number of aromatic nitrogens is 1. The zero-order valence-corrected chi connectivity index (χ0v) is 13.4. The fourth-order valence-electron chi connectivity index (χ4n) is 2.02. The minimum atomic E-state index is -0.533. The van der Waals surface area contributed by atoms with Crippen molar-refractivity contribution in [1.29, 1.82) is 0 Å². The number of aliphatic hydroxyl groups excluding tert-OH is 1. The maximum absolute atomic E-state index is 10.3. The van der Waals surface area contributed by atoms with Crippen LogP contribution in [0.5, 0.6) is 5.75 Å². The van der Waals surface area contributed by atoms with Crippen LogP contribution in [0.15, 0.2) is 47.1 Å². The normalized spacial score (nSPS) is 13.2. The van der Waals surface area contributed by atoms with Crippen LogP contribution in [0.25, 0.3) is 0 Å². The van der Waals surface area contributed by atoms with Gasteiger partial charge in [0.05, 0.1) is 6.10 Å². The molecule has 0 amide bonds. The molecule has 1 aromatic carbocycles. The Hall–Kier alpha value is -1.26. The first-order chi connectivity index (χ1) is 9.47. The highest BCUT2D eigenvalue weighted by Crippen LogP contribution is 2.26. The number of nitrogens with one attached hydrogen (secondary N) is 1. The standard InChI is InChI=1S/C16H20BrNO2/c1-16(2,10-13-4-3-9-18-13)15(19)11-20-14-7-5-12(17)6-8-14/h3-9,15,18-19H,10-11H2,1-2H3. The van der Waals surface area contributed by atoms with E-state index in [1.54, 1.807) is 0 Å². The summed E-state index contributed by atoms with van der Waals surface area (Å²) in [5.74, 6) is 0.767. The topological polar surface area (TPSA) is 45.2 Å². The van der Waals surface area contributed by atoms with Crippen molar-refractivity contribution >= 4 is 15.9 Å². The highest BCUT2D eigenvalue weighted by atomic mass is 79.9. The van der Waals surface area contributed by atoms with E-state index < -0.39 is 6.10 Å². The van der Waals surface area contributed by atoms with Gasteiger partial charge in [0.25, 0.3) is 0 Å². The van der Waals surface area contributed by atoms with Gasteiger partial charge >= 0.3 is 0 Å². The van der Waals surface area contributed by atoms with Gasteiger partial charge in [-0.15, -0.1) is 0 Å². The van der Waals surface area contributed by atoms with Gasteiger partial charge in [-0.1, -0.05) is 29.8 Å². The lowest BCUT2D eigenvalue weighted by atomic mass is 9.82. The minimum absolute atomic E-state index is 0.250. The maximum Gasteiger partial charge on any atom is 0.119 e. The molecule has 1 unspecified atom stereocenters. The van der Waals surface area contributed by atoms with Crippen molar-refractivity contribution < 1.29 is 9.84 Å². The predicted molar refractivity (Wildman–Crippen MR) is 83.9 cm³/mol. The molecule has 4 heteroatoms. The Morgan fingerprint density at radius 1 is 1.25 bits per heavy atom. The molecule has 0 bridgehead atoms. The third-order valence-corrected chi connectivity index (χ3v) is 3.96. The molecule has 0 aliphatic heterocycles. The Bertz CT molecular complexity index is 520. The molecule has 0 saturated heterocycles. The fraction of sp³-hybridized carbons (Fsp3) is 0.375. The zero-order chi connectivity index (χ0) is 14.6. The molecule has 0 radical (unpaired) electrons. The first kappa shape index (κ1) is 15.1. The number of hydrogen-bond donors (Lipinski definition) is 2. The quantitative estimate of drug-likeness (QED) is 0.842. The van der Waals surface area contributed by atoms with E-state index in [9.17, 15) is 5.11 Å². The largest absolute Gasteiger partial charge is 0.491 e. The second kappa shape index (κ2) is 6.46. The van der Waals surface area contributed by atoms with Crippen LogP contribution < -0.4 is 4.74 Å². The first-order valence-corrected chi connectivity index (χ1v) is 7.45. The van der Waals surface area contributed by atoms with Crippen molar-refractivity contribution in [2.75, 3.05) is 6.61 Å². The molecule has 2 aromatic rings. The van der Waals surface area contributed by atoms with Crippen LogP contribution in [0.1, 0.15) is 19.5 Å². The lowest BCUT2D eigenvalue weighted by Gasteiger charge is -2.30. The van der Waals surface area contributed by atoms with Crippen LogP contribution in [-0.4, -0.2) is 22.8 Å². The Labute approximate surface area is 128 Å². The molecule has 0 saturated carbocycles. The van der Waals surface area contributed by atoms with E-state index in [1.165, 1.54) is 0 Å². The molecule has 20 heavy (non-hydrogen) atoms. The monoisotopic (exact) mass is 337 g/mol. The number of H-pyrrole nitrogens is 1. The number of ether oxygens (including phenoxy) is 1. The molecule has 108 valence electrons. The van der Waals surface area contributed by atoms with Crippen LogP contribution in [0.2, 0.25) is 0 Å². The molecule has 0 aliphatic rings. The molecule has 1 aromatic heterocycles. The second-order valence-electron chi connectivity index (χ2n) is 5.64. The molecule has 0 fully saturated rings. The average Bonchev–Trinajstić information content (AvgIpc) is 2.89. The van der Waals surface area contributed by atoms with Gasteiger partial charge in [0, 0.05) is 16.4 Å². The molecule has 1 atom stereocenters. The first-order valence-electron chi connectivity index (χ1n) is 6.66. The van der Waals surface area contributed by atoms with E-state index in [2.05, 4.69) is 20.9 Å². The van der Waals surface area contributed by atoms with Gasteiger partial charge < -0.3 is 14.8 Å². The van der Waals surface area contributed by atoms with Gasteiger partial charge in [-0.3, -0.25) is 0 Å². The van der Waals surface area contributed by atoms with E-state index in [0.717, 1.165) is 22.3 Å². The predicted octanol–water partition coefficient (Wildman–Crippen LogP) is 3.79. The highest BCUT2D eigenvalue weighted by Gasteiger charge is 2.29. The average molecular weight is 338 g/mol. The summed E-state index contributed by atoms with van der Waals surface area (Å²) in [6, 6.07) is 11.6. The molecule has 1 heterocycles. The molecular weight excluding hydrogens is 318 g/mol. The van der Waals surface area contributed by atoms with Crippen molar-refractivity contribution in [3.63, 3.8) is 0 Å². The molecule has 2 N–H and O–H groups in total. The van der Waals surface area contributed by atoms with E-state index in [4.69, 9.17) is 4.74 Å². The van der Waals surface area contributed by atoms with Gasteiger partial charge in [-0.2, -0.15) is 0 Å². The summed E-state index contributed by atoms with van der Waals surface area (Å²) < 4.78 is 6.66. The Morgan fingerprint density at radius 2 is 1.95 bits per heavy atom. The summed E-state index contributed by atoms with van der Waals surface area (Å²) >= 11 is 3.38. The van der Waals surface area contributed by atoms with Crippen molar-refractivity contribution in [3.8, 4) is 5.75 Å². The lowest BCUT2D eigenvalue weighted by Crippen LogP contribution is -2.36. The van der Waals surface area contributed by atoms with Crippen LogP contribution in [0, 0.1) is 5.41 Å². The Kier molecular flexibility index (Phi) is 4.89. The molecule has 0 spiro atoms. The number of benzene rings is 1. The van der Waals surface area contributed by atoms with E-state index in [-0.39, 0.29) is 12.0 Å². The van der Waals surface area contributed by atoms with Crippen LogP contribution >= 0.6 is 15.9 Å². The Balaban J connectivity index is 1.89. The van der Waals surface area contributed by atoms with E-state index >= 15 is 0 Å². The summed E-state index contributed by atoms with van der Waals surface area (Å²) in [5.41, 5.74) is 0.873. The Morgan fingerprint density at radius 3 is 2.55 bits per heavy atom. The van der Waals surface area contributed by atoms with E-state index in [0.29, 0.717) is 0 Å². The zero-order valence-electron chi connectivity index (χ0n) is 11.8. The number of aromatic amines is 1. The van der Waals surface area contributed by atoms with Gasteiger partial charge in [0.15, 0.2) is 0 Å². The van der Waals surface area contributed by atoms with Crippen LogP contribution in [0.4, 0.5) is 0 Å². The number of rotatable bonds is 6. The third-order valence-electron chi connectivity index (χ3n) is 3.43. The van der Waals surface area contributed by atoms with Gasteiger partial charge in [0.1, 0.15) is 12.4 Å². The smallest absolute Gasteiger partial charge is 0.119 e. The van der Waals surface area contributed by atoms with E-state index in [1.807, 2.05) is 56.4 Å². The third kappa shape index (κ3) is 4.12. The molecule has 0 aliphatic carbocycles. The van der Waals surface area contributed by atoms with Gasteiger partial charge in [-0.05, 0) is 48.2 Å². The minimum Gasteiger partial charge on any atom is -0.491 e. The summed E-state index contributed by atoms with van der Waals surface area (Å²) in [6.45, 7) is 4.38. The number of hydrogen-bond acceptors (Lipinski definition) is 2. The highest BCUT2D eigenvalue weighted by molar-refractivity contribution is 9.10. The lowest BCUT2D eigenvalue weighted by molar-refractivity contribution is 0.0114.